The molecule has 1 aliphatic heterocycles. The van der Waals surface area contributed by atoms with Gasteiger partial charge < -0.3 is 4.90 Å². The number of likely N-dealkylation sites (N-methyl/N-ethyl adjacent to an activating group) is 1. The fourth-order valence-electron chi connectivity index (χ4n) is 3.53. The van der Waals surface area contributed by atoms with Crippen LogP contribution < -0.4 is 0 Å². The highest BCUT2D eigenvalue weighted by Crippen LogP contribution is 2.22. The van der Waals surface area contributed by atoms with Crippen molar-refractivity contribution in [3.63, 3.8) is 0 Å². The highest BCUT2D eigenvalue weighted by molar-refractivity contribution is 6.45. The Morgan fingerprint density at radius 3 is 2.59 bits per heavy atom. The summed E-state index contributed by atoms with van der Waals surface area (Å²) in [6.07, 6.45) is 6.94. The van der Waals surface area contributed by atoms with Gasteiger partial charge in [0.25, 0.3) is 0 Å². The number of benzene rings is 1. The molecule has 1 aromatic carbocycles. The Bertz CT molecular complexity index is 867. The zero-order valence-electron chi connectivity index (χ0n) is 16.4. The van der Waals surface area contributed by atoms with Crippen molar-refractivity contribution in [3.8, 4) is 0 Å². The zero-order chi connectivity index (χ0) is 21.0. The summed E-state index contributed by atoms with van der Waals surface area (Å²) in [5.74, 6) is -2.25. The summed E-state index contributed by atoms with van der Waals surface area (Å²) in [6, 6.07) is 6.36. The van der Waals surface area contributed by atoms with Gasteiger partial charge in [-0.3, -0.25) is 19.3 Å². The van der Waals surface area contributed by atoms with Crippen LogP contribution in [0, 0.1) is 0 Å². The third kappa shape index (κ3) is 5.03. The summed E-state index contributed by atoms with van der Waals surface area (Å²) >= 11 is 5.95. The number of hydrogen-bond acceptors (Lipinski definition) is 4. The second-order valence-electron chi connectivity index (χ2n) is 7.37. The van der Waals surface area contributed by atoms with E-state index in [0.29, 0.717) is 11.4 Å². The third-order valence-electron chi connectivity index (χ3n) is 5.20. The number of amides is 5. The molecule has 1 saturated heterocycles. The average Bonchev–Trinajstić information content (AvgIpc) is 2.90. The van der Waals surface area contributed by atoms with E-state index in [2.05, 4.69) is 6.08 Å². The number of rotatable bonds is 7. The van der Waals surface area contributed by atoms with Crippen LogP contribution >= 0.6 is 11.6 Å². The first kappa shape index (κ1) is 21.0. The average molecular weight is 418 g/mol. The van der Waals surface area contributed by atoms with Crippen LogP contribution in [-0.2, 0) is 20.9 Å². The molecule has 1 fully saturated rings. The normalized spacial score (nSPS) is 17.0. The molecule has 0 unspecified atom stereocenters. The number of urea groups is 1. The van der Waals surface area contributed by atoms with Crippen molar-refractivity contribution in [2.24, 2.45) is 0 Å². The minimum atomic E-state index is -0.947. The second kappa shape index (κ2) is 9.22. The molecule has 0 bridgehead atoms. The molecule has 0 aromatic heterocycles. The van der Waals surface area contributed by atoms with Crippen LogP contribution in [-0.4, -0.2) is 58.6 Å². The van der Waals surface area contributed by atoms with E-state index in [1.54, 1.807) is 25.2 Å². The van der Waals surface area contributed by atoms with Crippen LogP contribution in [0.4, 0.5) is 4.79 Å². The standard InChI is InChI=1S/C21H24ClN3O4/c1-23(13-16-8-5-9-17(22)12-16)18(26)14-25-20(28)19(27)24(21(25)29)11-10-15-6-3-2-4-7-15/h5-6,8-9,12H,2-4,7,10-11,13-14H2,1H3. The molecule has 0 saturated carbocycles. The smallest absolute Gasteiger partial charge is 0.334 e. The van der Waals surface area contributed by atoms with Crippen molar-refractivity contribution < 1.29 is 19.2 Å². The third-order valence-corrected chi connectivity index (χ3v) is 5.44. The molecule has 0 radical (unpaired) electrons. The molecule has 0 spiro atoms. The Morgan fingerprint density at radius 1 is 1.14 bits per heavy atom. The molecular weight excluding hydrogens is 394 g/mol. The number of imide groups is 2. The van der Waals surface area contributed by atoms with Gasteiger partial charge in [0.15, 0.2) is 0 Å². The molecule has 7 nitrogen and oxygen atoms in total. The van der Waals surface area contributed by atoms with Crippen molar-refractivity contribution in [2.45, 2.75) is 38.6 Å². The van der Waals surface area contributed by atoms with Gasteiger partial charge in [0.2, 0.25) is 5.91 Å². The van der Waals surface area contributed by atoms with Crippen molar-refractivity contribution >= 4 is 35.4 Å². The zero-order valence-corrected chi connectivity index (χ0v) is 17.2. The van der Waals surface area contributed by atoms with Crippen LogP contribution in [0.2, 0.25) is 5.02 Å². The number of carbonyl (C=O) groups excluding carboxylic acids is 4. The highest BCUT2D eigenvalue weighted by Gasteiger charge is 2.45. The molecule has 3 rings (SSSR count). The predicted octanol–water partition coefficient (Wildman–Crippen LogP) is 2.98. The van der Waals surface area contributed by atoms with Gasteiger partial charge in [-0.2, -0.15) is 0 Å². The number of hydrogen-bond donors (Lipinski definition) is 0. The lowest BCUT2D eigenvalue weighted by atomic mass is 9.97. The Morgan fingerprint density at radius 2 is 1.90 bits per heavy atom. The molecule has 5 amide bonds. The van der Waals surface area contributed by atoms with Crippen LogP contribution in [0.3, 0.4) is 0 Å². The van der Waals surface area contributed by atoms with E-state index < -0.39 is 30.3 Å². The Hall–Kier alpha value is -2.67. The number of allylic oxidation sites excluding steroid dienone is 1. The Kier molecular flexibility index (Phi) is 6.69. The first-order valence-electron chi connectivity index (χ1n) is 9.70. The van der Waals surface area contributed by atoms with Crippen molar-refractivity contribution in [3.05, 3.63) is 46.5 Å². The van der Waals surface area contributed by atoms with E-state index in [4.69, 9.17) is 11.6 Å². The topological polar surface area (TPSA) is 78.0 Å². The minimum absolute atomic E-state index is 0.165. The molecule has 154 valence electrons. The van der Waals surface area contributed by atoms with E-state index in [1.807, 2.05) is 6.07 Å². The van der Waals surface area contributed by atoms with E-state index >= 15 is 0 Å². The van der Waals surface area contributed by atoms with Gasteiger partial charge in [0.1, 0.15) is 6.54 Å². The summed E-state index contributed by atoms with van der Waals surface area (Å²) < 4.78 is 0. The van der Waals surface area contributed by atoms with Gasteiger partial charge in [0, 0.05) is 25.2 Å². The van der Waals surface area contributed by atoms with E-state index in [9.17, 15) is 19.2 Å². The molecular formula is C21H24ClN3O4. The second-order valence-corrected chi connectivity index (χ2v) is 7.80. The fraction of sp³-hybridized carbons (Fsp3) is 0.429. The highest BCUT2D eigenvalue weighted by atomic mass is 35.5. The maximum Gasteiger partial charge on any atom is 0.334 e. The first-order chi connectivity index (χ1) is 13.9. The molecule has 1 heterocycles. The monoisotopic (exact) mass is 417 g/mol. The van der Waals surface area contributed by atoms with Gasteiger partial charge in [-0.25, -0.2) is 9.69 Å². The predicted molar refractivity (Wildman–Crippen MR) is 108 cm³/mol. The maximum atomic E-state index is 12.6. The molecule has 0 N–H and O–H groups in total. The largest absolute Gasteiger partial charge is 0.340 e. The molecule has 8 heteroatoms. The van der Waals surface area contributed by atoms with E-state index in [0.717, 1.165) is 41.0 Å². The fourth-order valence-corrected chi connectivity index (χ4v) is 3.74. The van der Waals surface area contributed by atoms with Crippen molar-refractivity contribution in [2.75, 3.05) is 20.1 Å². The molecule has 1 aromatic rings. The molecule has 0 atom stereocenters. The van der Waals surface area contributed by atoms with Crippen LogP contribution in [0.5, 0.6) is 0 Å². The van der Waals surface area contributed by atoms with Gasteiger partial charge in [-0.05, 0) is 49.8 Å². The van der Waals surface area contributed by atoms with Crippen LogP contribution in [0.25, 0.3) is 0 Å². The Balaban J connectivity index is 1.58. The SMILES string of the molecule is CN(Cc1cccc(Cl)c1)C(=O)CN1C(=O)C(=O)N(CCC2=CCCCC2)C1=O. The number of carbonyl (C=O) groups is 4. The summed E-state index contributed by atoms with van der Waals surface area (Å²) in [5, 5.41) is 0.558. The Labute approximate surface area is 174 Å². The first-order valence-corrected chi connectivity index (χ1v) is 10.1. The molecule has 2 aliphatic rings. The van der Waals surface area contributed by atoms with Gasteiger partial charge in [-0.15, -0.1) is 0 Å². The summed E-state index contributed by atoms with van der Waals surface area (Å²) in [7, 11) is 1.57. The van der Waals surface area contributed by atoms with Gasteiger partial charge in [0.05, 0.1) is 0 Å². The molecule has 29 heavy (non-hydrogen) atoms. The van der Waals surface area contributed by atoms with E-state index in [1.165, 1.54) is 10.5 Å². The number of halogens is 1. The van der Waals surface area contributed by atoms with Crippen molar-refractivity contribution in [1.82, 2.24) is 14.7 Å². The molecule has 1 aliphatic carbocycles. The number of nitrogens with zero attached hydrogens (tertiary/aromatic N) is 3. The van der Waals surface area contributed by atoms with Crippen LogP contribution in [0.15, 0.2) is 35.9 Å². The minimum Gasteiger partial charge on any atom is -0.340 e. The lowest BCUT2D eigenvalue weighted by Gasteiger charge is -2.21. The van der Waals surface area contributed by atoms with Gasteiger partial charge >= 0.3 is 17.8 Å². The van der Waals surface area contributed by atoms with E-state index in [-0.39, 0.29) is 13.1 Å². The lowest BCUT2D eigenvalue weighted by molar-refractivity contribution is -0.144. The summed E-state index contributed by atoms with van der Waals surface area (Å²) in [4.78, 5) is 52.6. The lowest BCUT2D eigenvalue weighted by Crippen LogP contribution is -2.42. The van der Waals surface area contributed by atoms with Crippen LogP contribution in [0.1, 0.15) is 37.7 Å². The summed E-state index contributed by atoms with van der Waals surface area (Å²) in [5.41, 5.74) is 2.03. The van der Waals surface area contributed by atoms with Gasteiger partial charge in [-0.1, -0.05) is 35.4 Å². The van der Waals surface area contributed by atoms with Crippen molar-refractivity contribution in [1.29, 1.82) is 0 Å². The maximum absolute atomic E-state index is 12.6. The quantitative estimate of drug-likeness (QED) is 0.388. The summed E-state index contributed by atoms with van der Waals surface area (Å²) in [6.45, 7) is -0.0145.